The van der Waals surface area contributed by atoms with Crippen molar-refractivity contribution < 1.29 is 4.79 Å². The SMILES string of the molecule is O=C1NN=C(c2nc3c(Br)cc(Br)cc3[nH]2)CS1. The summed E-state index contributed by atoms with van der Waals surface area (Å²) in [4.78, 5) is 18.7. The van der Waals surface area contributed by atoms with E-state index in [0.29, 0.717) is 11.6 Å². The zero-order valence-corrected chi connectivity index (χ0v) is 12.8. The lowest BCUT2D eigenvalue weighted by Gasteiger charge is -2.08. The maximum atomic E-state index is 11.0. The molecule has 2 aromatic rings. The molecule has 0 saturated heterocycles. The summed E-state index contributed by atoms with van der Waals surface area (Å²) >= 11 is 8.07. The minimum Gasteiger partial charge on any atom is -0.337 e. The summed E-state index contributed by atoms with van der Waals surface area (Å²) in [5.74, 6) is 1.20. The molecule has 0 saturated carbocycles. The number of H-pyrrole nitrogens is 1. The number of aromatic amines is 1. The van der Waals surface area contributed by atoms with E-state index in [-0.39, 0.29) is 5.24 Å². The zero-order valence-electron chi connectivity index (χ0n) is 8.83. The number of amides is 1. The van der Waals surface area contributed by atoms with Crippen LogP contribution in [0.4, 0.5) is 4.79 Å². The number of halogens is 2. The van der Waals surface area contributed by atoms with Crippen LogP contribution in [0, 0.1) is 0 Å². The Balaban J connectivity index is 2.09. The van der Waals surface area contributed by atoms with Gasteiger partial charge in [0.05, 0.1) is 11.3 Å². The first kappa shape index (κ1) is 12.2. The molecule has 1 amide bonds. The normalized spacial score (nSPS) is 15.7. The van der Waals surface area contributed by atoms with Crippen molar-refractivity contribution in [3.8, 4) is 0 Å². The number of aromatic nitrogens is 2. The molecule has 3 rings (SSSR count). The van der Waals surface area contributed by atoms with Gasteiger partial charge in [-0.05, 0) is 28.1 Å². The quantitative estimate of drug-likeness (QED) is 0.786. The topological polar surface area (TPSA) is 70.1 Å². The number of benzene rings is 1. The molecule has 2 N–H and O–H groups in total. The number of carbonyl (C=O) groups is 1. The predicted octanol–water partition coefficient (Wildman–Crippen LogP) is 3.25. The third-order valence-electron chi connectivity index (χ3n) is 2.40. The Morgan fingerprint density at radius 1 is 1.33 bits per heavy atom. The highest BCUT2D eigenvalue weighted by atomic mass is 79.9. The smallest absolute Gasteiger partial charge is 0.299 e. The van der Waals surface area contributed by atoms with E-state index in [1.165, 1.54) is 11.8 Å². The molecule has 2 heterocycles. The first-order valence-corrected chi connectivity index (χ1v) is 7.55. The minimum absolute atomic E-state index is 0.140. The number of thioether (sulfide) groups is 1. The van der Waals surface area contributed by atoms with Gasteiger partial charge in [-0.25, -0.2) is 10.4 Å². The van der Waals surface area contributed by atoms with E-state index >= 15 is 0 Å². The molecule has 0 spiro atoms. The monoisotopic (exact) mass is 388 g/mol. The lowest BCUT2D eigenvalue weighted by atomic mass is 10.3. The van der Waals surface area contributed by atoms with Crippen LogP contribution in [-0.4, -0.2) is 26.7 Å². The van der Waals surface area contributed by atoms with Crippen molar-refractivity contribution in [2.24, 2.45) is 5.10 Å². The van der Waals surface area contributed by atoms with Crippen LogP contribution in [0.3, 0.4) is 0 Å². The van der Waals surface area contributed by atoms with Gasteiger partial charge in [0.1, 0.15) is 11.2 Å². The molecule has 18 heavy (non-hydrogen) atoms. The van der Waals surface area contributed by atoms with Gasteiger partial charge in [0.15, 0.2) is 5.82 Å². The highest BCUT2D eigenvalue weighted by molar-refractivity contribution is 9.11. The maximum Gasteiger partial charge on any atom is 0.299 e. The molecule has 0 fully saturated rings. The largest absolute Gasteiger partial charge is 0.337 e. The molecule has 1 aromatic heterocycles. The highest BCUT2D eigenvalue weighted by Gasteiger charge is 2.17. The van der Waals surface area contributed by atoms with Crippen LogP contribution in [0.5, 0.6) is 0 Å². The Morgan fingerprint density at radius 2 is 2.17 bits per heavy atom. The molecule has 0 atom stereocenters. The summed E-state index contributed by atoms with van der Waals surface area (Å²) in [6.07, 6.45) is 0. The molecule has 1 aliphatic rings. The van der Waals surface area contributed by atoms with Crippen LogP contribution in [0.25, 0.3) is 11.0 Å². The average Bonchev–Trinajstić information content (AvgIpc) is 2.74. The second-order valence-corrected chi connectivity index (χ2v) is 6.33. The van der Waals surface area contributed by atoms with Gasteiger partial charge in [-0.1, -0.05) is 27.7 Å². The molecule has 1 aliphatic heterocycles. The fraction of sp³-hybridized carbons (Fsp3) is 0.100. The van der Waals surface area contributed by atoms with Gasteiger partial charge in [-0.2, -0.15) is 5.10 Å². The Hall–Kier alpha value is -0.860. The van der Waals surface area contributed by atoms with E-state index in [0.717, 1.165) is 25.7 Å². The lowest BCUT2D eigenvalue weighted by Crippen LogP contribution is -2.24. The molecule has 92 valence electrons. The van der Waals surface area contributed by atoms with E-state index in [1.807, 2.05) is 12.1 Å². The molecule has 1 aromatic carbocycles. The molecule has 8 heteroatoms. The van der Waals surface area contributed by atoms with Gasteiger partial charge < -0.3 is 4.98 Å². The summed E-state index contributed by atoms with van der Waals surface area (Å²) in [6.45, 7) is 0. The van der Waals surface area contributed by atoms with E-state index in [4.69, 9.17) is 0 Å². The Kier molecular flexibility index (Phi) is 3.16. The molecular weight excluding hydrogens is 384 g/mol. The molecule has 0 radical (unpaired) electrons. The number of nitrogens with zero attached hydrogens (tertiary/aromatic N) is 2. The van der Waals surface area contributed by atoms with Crippen molar-refractivity contribution in [3.63, 3.8) is 0 Å². The Bertz CT molecular complexity index is 682. The molecular formula is C10H6Br2N4OS. The third kappa shape index (κ3) is 2.19. The van der Waals surface area contributed by atoms with E-state index in [9.17, 15) is 4.79 Å². The molecule has 0 unspecified atom stereocenters. The fourth-order valence-electron chi connectivity index (χ4n) is 1.61. The number of carbonyl (C=O) groups excluding carboxylic acids is 1. The number of rotatable bonds is 1. The standard InChI is InChI=1S/C10H6Br2N4OS/c11-4-1-5(12)8-6(2-4)13-9(14-8)7-3-18-10(17)16-15-7/h1-2H,3H2,(H,13,14)(H,16,17). The van der Waals surface area contributed by atoms with Crippen molar-refractivity contribution in [2.75, 3.05) is 5.75 Å². The van der Waals surface area contributed by atoms with Crippen LogP contribution in [-0.2, 0) is 0 Å². The maximum absolute atomic E-state index is 11.0. The number of fused-ring (bicyclic) bond motifs is 1. The van der Waals surface area contributed by atoms with Crippen molar-refractivity contribution in [1.82, 2.24) is 15.4 Å². The molecule has 0 aliphatic carbocycles. The average molecular weight is 390 g/mol. The van der Waals surface area contributed by atoms with Crippen molar-refractivity contribution >= 4 is 65.6 Å². The number of nitrogens with one attached hydrogen (secondary N) is 2. The zero-order chi connectivity index (χ0) is 12.7. The summed E-state index contributed by atoms with van der Waals surface area (Å²) in [6, 6.07) is 3.89. The number of hydrogen-bond acceptors (Lipinski definition) is 4. The van der Waals surface area contributed by atoms with Crippen LogP contribution in [0.2, 0.25) is 0 Å². The number of hydrogen-bond donors (Lipinski definition) is 2. The van der Waals surface area contributed by atoms with Gasteiger partial charge >= 0.3 is 0 Å². The van der Waals surface area contributed by atoms with Crippen LogP contribution in [0.15, 0.2) is 26.2 Å². The van der Waals surface area contributed by atoms with Crippen molar-refractivity contribution in [3.05, 3.63) is 26.9 Å². The van der Waals surface area contributed by atoms with Crippen LogP contribution in [0.1, 0.15) is 5.82 Å². The van der Waals surface area contributed by atoms with Crippen molar-refractivity contribution in [2.45, 2.75) is 0 Å². The first-order chi connectivity index (χ1) is 8.63. The predicted molar refractivity (Wildman–Crippen MR) is 79.0 cm³/mol. The third-order valence-corrected chi connectivity index (χ3v) is 4.23. The van der Waals surface area contributed by atoms with Gasteiger partial charge in [0.25, 0.3) is 5.24 Å². The van der Waals surface area contributed by atoms with Crippen LogP contribution >= 0.6 is 43.6 Å². The van der Waals surface area contributed by atoms with Gasteiger partial charge in [0, 0.05) is 8.95 Å². The molecule has 0 bridgehead atoms. The first-order valence-electron chi connectivity index (χ1n) is 4.98. The highest BCUT2D eigenvalue weighted by Crippen LogP contribution is 2.27. The summed E-state index contributed by atoms with van der Waals surface area (Å²) in [5.41, 5.74) is 4.92. The second-order valence-electron chi connectivity index (χ2n) is 3.62. The van der Waals surface area contributed by atoms with Gasteiger partial charge in [-0.15, -0.1) is 0 Å². The number of hydrazone groups is 1. The van der Waals surface area contributed by atoms with E-state index in [2.05, 4.69) is 52.4 Å². The van der Waals surface area contributed by atoms with Crippen molar-refractivity contribution in [1.29, 1.82) is 0 Å². The van der Waals surface area contributed by atoms with Gasteiger partial charge in [-0.3, -0.25) is 4.79 Å². The number of imidazole rings is 1. The lowest BCUT2D eigenvalue weighted by molar-refractivity contribution is 0.261. The Labute approximate surface area is 123 Å². The minimum atomic E-state index is -0.140. The Morgan fingerprint density at radius 3 is 2.89 bits per heavy atom. The summed E-state index contributed by atoms with van der Waals surface area (Å²) in [5, 5.41) is 3.86. The van der Waals surface area contributed by atoms with E-state index < -0.39 is 0 Å². The second kappa shape index (κ2) is 4.67. The molecule has 5 nitrogen and oxygen atoms in total. The fourth-order valence-corrected chi connectivity index (χ4v) is 3.50. The summed E-state index contributed by atoms with van der Waals surface area (Å²) in [7, 11) is 0. The summed E-state index contributed by atoms with van der Waals surface area (Å²) < 4.78 is 1.87. The van der Waals surface area contributed by atoms with Gasteiger partial charge in [0.2, 0.25) is 0 Å². The van der Waals surface area contributed by atoms with Crippen LogP contribution < -0.4 is 5.43 Å². The van der Waals surface area contributed by atoms with E-state index in [1.54, 1.807) is 0 Å².